The number of hydrogen-bond acceptors (Lipinski definition) is 12. The number of benzene rings is 1. The first-order chi connectivity index (χ1) is 21.9. The topological polar surface area (TPSA) is 174 Å². The predicted molar refractivity (Wildman–Crippen MR) is 173 cm³/mol. The van der Waals surface area contributed by atoms with E-state index in [1.54, 1.807) is 19.5 Å². The second-order valence-electron chi connectivity index (χ2n) is 7.92. The molecule has 4 heterocycles. The molecule has 232 valence electrons. The number of thiocyanates is 1. The summed E-state index contributed by atoms with van der Waals surface area (Å²) < 4.78 is 9.89. The molecule has 4 aromatic heterocycles. The van der Waals surface area contributed by atoms with Gasteiger partial charge >= 0.3 is 25.4 Å². The average molecular weight is 739 g/mol. The molecule has 0 aliphatic carbocycles. The van der Waals surface area contributed by atoms with Gasteiger partial charge in [-0.2, -0.15) is 5.16 Å². The van der Waals surface area contributed by atoms with Crippen LogP contribution < -0.4 is 14.4 Å². The van der Waals surface area contributed by atoms with Crippen molar-refractivity contribution in [2.45, 2.75) is 0 Å². The molecule has 0 bridgehead atoms. The molecule has 0 aliphatic rings. The first-order valence-corrected chi connectivity index (χ1v) is 13.3. The standard InChI is InChI=1S/C17H15N3O.C12H8N2O4.CHNS.CNS.Ru/c1-21-15-10-8-14(9-11-15)20(16-6-2-4-12-18-16)17-7-3-5-13-19-17;15-7-18-9-2-4-14-11(6-9)10-5-8(12(16)17)1-3-13-10;2*2-1-3;/h2-13H,1H3;1-7H,(H,16,17);3H;;/q;;;-1;+2/p-1. The van der Waals surface area contributed by atoms with E-state index in [2.05, 4.69) is 49.5 Å². The van der Waals surface area contributed by atoms with E-state index in [-0.39, 0.29) is 25.0 Å². The largest absolute Gasteiger partial charge is 2.00 e. The van der Waals surface area contributed by atoms with Gasteiger partial charge in [0.05, 0.1) is 24.1 Å². The number of isothiocyanates is 1. The molecule has 0 saturated carbocycles. The predicted octanol–water partition coefficient (Wildman–Crippen LogP) is 6.00. The summed E-state index contributed by atoms with van der Waals surface area (Å²) in [6.45, 7) is 0.306. The fourth-order valence-corrected chi connectivity index (χ4v) is 3.47. The molecular weight excluding hydrogens is 716 g/mol. The molecule has 0 spiro atoms. The summed E-state index contributed by atoms with van der Waals surface area (Å²) in [6.07, 6.45) is 6.38. The van der Waals surface area contributed by atoms with Crippen LogP contribution in [-0.2, 0) is 36.9 Å². The zero-order valence-electron chi connectivity index (χ0n) is 23.9. The van der Waals surface area contributed by atoms with Crippen molar-refractivity contribution in [2.24, 2.45) is 0 Å². The van der Waals surface area contributed by atoms with Crippen molar-refractivity contribution in [3.63, 3.8) is 0 Å². The maximum atomic E-state index is 10.8. The first-order valence-electron chi connectivity index (χ1n) is 12.5. The minimum atomic E-state index is -1.04. The number of methoxy groups -OCH3 is 1. The van der Waals surface area contributed by atoms with Gasteiger partial charge in [0.2, 0.25) is 0 Å². The molecule has 15 heteroatoms. The molecule has 0 radical (unpaired) electrons. The molecule has 0 aliphatic heterocycles. The molecule has 5 rings (SSSR count). The third-order valence-electron chi connectivity index (χ3n) is 5.27. The van der Waals surface area contributed by atoms with Crippen molar-refractivity contribution in [1.82, 2.24) is 19.9 Å². The molecule has 0 amide bonds. The van der Waals surface area contributed by atoms with Gasteiger partial charge in [-0.15, -0.1) is 0 Å². The van der Waals surface area contributed by atoms with Crippen molar-refractivity contribution in [1.29, 1.82) is 5.26 Å². The van der Waals surface area contributed by atoms with Crippen molar-refractivity contribution < 1.29 is 43.6 Å². The second kappa shape index (κ2) is 22.1. The third-order valence-corrected chi connectivity index (χ3v) is 5.27. The zero-order valence-corrected chi connectivity index (χ0v) is 27.2. The smallest absolute Gasteiger partial charge is 0.753 e. The van der Waals surface area contributed by atoms with E-state index in [0.717, 1.165) is 23.1 Å². The molecule has 0 atom stereocenters. The van der Waals surface area contributed by atoms with Gasteiger partial charge in [-0.25, -0.2) is 20.0 Å². The van der Waals surface area contributed by atoms with Gasteiger partial charge in [-0.1, -0.05) is 29.8 Å². The monoisotopic (exact) mass is 739 g/mol. The van der Waals surface area contributed by atoms with Crippen LogP contribution in [-0.4, -0.2) is 49.8 Å². The number of carboxylic acid groups (broad SMARTS) is 1. The second-order valence-corrected chi connectivity index (χ2v) is 8.28. The van der Waals surface area contributed by atoms with E-state index in [4.69, 9.17) is 20.5 Å². The van der Waals surface area contributed by atoms with Gasteiger partial charge in [-0.05, 0) is 66.7 Å². The van der Waals surface area contributed by atoms with Gasteiger partial charge < -0.3 is 32.6 Å². The van der Waals surface area contributed by atoms with Gasteiger partial charge in [-0.3, -0.25) is 19.7 Å². The van der Waals surface area contributed by atoms with Crippen molar-refractivity contribution in [3.8, 4) is 28.3 Å². The van der Waals surface area contributed by atoms with E-state index < -0.39 is 5.97 Å². The van der Waals surface area contributed by atoms with E-state index in [9.17, 15) is 9.59 Å². The third kappa shape index (κ3) is 12.6. The van der Waals surface area contributed by atoms with Crippen LogP contribution in [0.25, 0.3) is 16.8 Å². The number of nitrogens with zero attached hydrogens (tertiary/aromatic N) is 7. The Bertz CT molecular complexity index is 1680. The number of nitriles is 1. The average Bonchev–Trinajstić information content (AvgIpc) is 3.08. The van der Waals surface area contributed by atoms with Crippen molar-refractivity contribution >= 4 is 59.8 Å². The van der Waals surface area contributed by atoms with Gasteiger partial charge in [0.25, 0.3) is 6.47 Å². The molecule has 46 heavy (non-hydrogen) atoms. The van der Waals surface area contributed by atoms with Crippen LogP contribution in [0.15, 0.2) is 110 Å². The molecule has 0 unspecified atom stereocenters. The van der Waals surface area contributed by atoms with Crippen LogP contribution in [0.5, 0.6) is 11.5 Å². The summed E-state index contributed by atoms with van der Waals surface area (Å²) in [6, 6.07) is 25.3. The number of rotatable bonds is 8. The van der Waals surface area contributed by atoms with Gasteiger partial charge in [0.15, 0.2) is 0 Å². The summed E-state index contributed by atoms with van der Waals surface area (Å²) in [5, 5.41) is 25.8. The van der Waals surface area contributed by atoms with E-state index in [0.29, 0.717) is 23.6 Å². The van der Waals surface area contributed by atoms with Crippen LogP contribution in [0.1, 0.15) is 10.4 Å². The summed E-state index contributed by atoms with van der Waals surface area (Å²) in [4.78, 5) is 40.0. The Labute approximate surface area is 288 Å². The molecule has 12 nitrogen and oxygen atoms in total. The van der Waals surface area contributed by atoms with Crippen LogP contribution in [0.3, 0.4) is 0 Å². The van der Waals surface area contributed by atoms with E-state index in [1.165, 1.54) is 47.2 Å². The van der Waals surface area contributed by atoms with Crippen LogP contribution >= 0.6 is 12.2 Å². The van der Waals surface area contributed by atoms with Gasteiger partial charge in [0, 0.05) is 36.5 Å². The quantitative estimate of drug-likeness (QED) is 0.0491. The van der Waals surface area contributed by atoms with Crippen molar-refractivity contribution in [3.05, 3.63) is 121 Å². The number of pyridine rings is 4. The minimum absolute atomic E-state index is 0. The Morgan fingerprint density at radius 3 is 1.87 bits per heavy atom. The Morgan fingerprint density at radius 1 is 0.891 bits per heavy atom. The van der Waals surface area contributed by atoms with E-state index in [1.807, 2.05) is 65.6 Å². The van der Waals surface area contributed by atoms with Crippen molar-refractivity contribution in [2.75, 3.05) is 12.0 Å². The molecule has 5 aromatic rings. The normalized spacial score (nSPS) is 8.78. The number of carbonyl (C=O) groups is 2. The van der Waals surface area contributed by atoms with Crippen LogP contribution in [0, 0.1) is 10.7 Å². The fourth-order valence-electron chi connectivity index (χ4n) is 3.47. The SMILES string of the molecule is COc1ccc(N(c2ccccn2)c2ccccn2)cc1.N#C[S-].O=COc1ccnc(-c2cc(C(=O)O)ccn2)c1.[N-]=C=S.[Ru+2]. The Balaban J connectivity index is 0.000000389. The fraction of sp³-hybridized carbons (Fsp3) is 0.0323. The number of anilines is 3. The molecular formula is C31H23N7O5RuS2. The number of aromatic carboxylic acids is 1. The van der Waals surface area contributed by atoms with Crippen LogP contribution in [0.4, 0.5) is 17.3 Å². The molecule has 1 N–H and O–H groups in total. The molecule has 0 fully saturated rings. The number of carboxylic acids is 1. The molecule has 0 saturated heterocycles. The number of carbonyl (C=O) groups excluding carboxylic acids is 1. The summed E-state index contributed by atoms with van der Waals surface area (Å²) in [5.41, 5.74) is 1.92. The molecule has 1 aromatic carbocycles. The summed E-state index contributed by atoms with van der Waals surface area (Å²) >= 11 is 7.40. The van der Waals surface area contributed by atoms with Crippen LogP contribution in [0.2, 0.25) is 0 Å². The van der Waals surface area contributed by atoms with Gasteiger partial charge in [0.1, 0.15) is 23.1 Å². The minimum Gasteiger partial charge on any atom is -0.753 e. The summed E-state index contributed by atoms with van der Waals surface area (Å²) in [7, 11) is 1.66. The van der Waals surface area contributed by atoms with E-state index >= 15 is 0 Å². The number of ether oxygens (including phenoxy) is 2. The maximum absolute atomic E-state index is 10.8. The maximum Gasteiger partial charge on any atom is 2.00 e. The number of hydrogen-bond donors (Lipinski definition) is 1. The Hall–Kier alpha value is -5.51. The number of thiocarbonyl (C=S) groups is 1. The summed E-state index contributed by atoms with van der Waals surface area (Å²) in [5.74, 6) is 1.74. The first kappa shape index (κ1) is 38.5. The Kier molecular flexibility index (Phi) is 18.5. The Morgan fingerprint density at radius 2 is 1.41 bits per heavy atom. The zero-order chi connectivity index (χ0) is 32.9. The number of aromatic nitrogens is 4.